The van der Waals surface area contributed by atoms with Crippen LogP contribution in [-0.4, -0.2) is 82.4 Å². The lowest BCUT2D eigenvalue weighted by molar-refractivity contribution is -0.134. The van der Waals surface area contributed by atoms with E-state index >= 15 is 0 Å². The Bertz CT molecular complexity index is 1370. The minimum Gasteiger partial charge on any atom is -0.497 e. The smallest absolute Gasteiger partial charge is 0.254 e. The highest BCUT2D eigenvalue weighted by Crippen LogP contribution is 2.46. The first-order valence-corrected chi connectivity index (χ1v) is 14.5. The zero-order chi connectivity index (χ0) is 28.4. The maximum Gasteiger partial charge on any atom is 0.254 e. The number of carbonyl (C=O) groups excluding carboxylic acids is 2. The number of amides is 2. The first kappa shape index (κ1) is 27.7. The van der Waals surface area contributed by atoms with Crippen LogP contribution in [0.5, 0.6) is 17.2 Å². The van der Waals surface area contributed by atoms with E-state index in [9.17, 15) is 9.59 Å². The molecule has 0 N–H and O–H groups in total. The van der Waals surface area contributed by atoms with Crippen LogP contribution in [0, 0.1) is 0 Å². The summed E-state index contributed by atoms with van der Waals surface area (Å²) in [6.45, 7) is 2.59. The normalized spacial score (nSPS) is 18.8. The molecule has 5 rings (SSSR count). The van der Waals surface area contributed by atoms with Crippen molar-refractivity contribution in [3.05, 3.63) is 77.4 Å². The van der Waals surface area contributed by atoms with Gasteiger partial charge in [0.15, 0.2) is 11.5 Å². The van der Waals surface area contributed by atoms with Crippen molar-refractivity contribution >= 4 is 29.3 Å². The number of hydrogen-bond donors (Lipinski definition) is 0. The number of nitrogens with zero attached hydrogens (tertiary/aromatic N) is 3. The third-order valence-electron chi connectivity index (χ3n) is 7.93. The van der Waals surface area contributed by atoms with Gasteiger partial charge in [-0.3, -0.25) is 9.59 Å². The fraction of sp³-hybridized carbons (Fsp3) is 0.355. The maximum atomic E-state index is 14.4. The van der Waals surface area contributed by atoms with E-state index in [1.54, 1.807) is 57.2 Å². The minimum atomic E-state index is -0.592. The van der Waals surface area contributed by atoms with E-state index in [0.29, 0.717) is 48.8 Å². The van der Waals surface area contributed by atoms with Crippen LogP contribution in [0.3, 0.4) is 0 Å². The number of thioether (sulfide) groups is 1. The van der Waals surface area contributed by atoms with E-state index in [-0.39, 0.29) is 11.8 Å². The molecular weight excluding hydrogens is 526 g/mol. The van der Waals surface area contributed by atoms with Crippen molar-refractivity contribution in [3.8, 4) is 17.2 Å². The number of methoxy groups -OCH3 is 3. The van der Waals surface area contributed by atoms with Crippen LogP contribution in [0.1, 0.15) is 33.4 Å². The van der Waals surface area contributed by atoms with E-state index < -0.39 is 12.0 Å². The summed E-state index contributed by atoms with van der Waals surface area (Å²) in [6.07, 6.45) is 2.03. The lowest BCUT2D eigenvalue weighted by Gasteiger charge is -2.43. The highest BCUT2D eigenvalue weighted by Gasteiger charge is 2.45. The molecule has 40 heavy (non-hydrogen) atoms. The Hall–Kier alpha value is -3.85. The van der Waals surface area contributed by atoms with E-state index in [2.05, 4.69) is 4.90 Å². The SMILES string of the molecule is COc1ccc(N2CCN(C(=O)C3c4cc(OC)c(OC)cc4C(=O)N(C)C3c3ccc(SC)cc3)CC2)cc1. The van der Waals surface area contributed by atoms with Gasteiger partial charge in [-0.05, 0) is 65.9 Å². The van der Waals surface area contributed by atoms with Crippen molar-refractivity contribution in [2.45, 2.75) is 16.9 Å². The molecule has 2 aliphatic rings. The van der Waals surface area contributed by atoms with Gasteiger partial charge >= 0.3 is 0 Å². The molecule has 2 heterocycles. The molecule has 2 unspecified atom stereocenters. The van der Waals surface area contributed by atoms with Crippen LogP contribution in [0.2, 0.25) is 0 Å². The van der Waals surface area contributed by atoms with Crippen LogP contribution >= 0.6 is 11.8 Å². The third kappa shape index (κ3) is 5.06. The molecule has 210 valence electrons. The highest BCUT2D eigenvalue weighted by atomic mass is 32.2. The highest BCUT2D eigenvalue weighted by molar-refractivity contribution is 7.98. The number of carbonyl (C=O) groups is 2. The maximum absolute atomic E-state index is 14.4. The van der Waals surface area contributed by atoms with E-state index in [1.165, 1.54) is 0 Å². The lowest BCUT2D eigenvalue weighted by atomic mass is 9.78. The molecular formula is C31H35N3O5S. The summed E-state index contributed by atoms with van der Waals surface area (Å²) < 4.78 is 16.4. The molecule has 0 radical (unpaired) electrons. The Morgan fingerprint density at radius 1 is 0.850 bits per heavy atom. The van der Waals surface area contributed by atoms with Crippen molar-refractivity contribution < 1.29 is 23.8 Å². The van der Waals surface area contributed by atoms with Crippen molar-refractivity contribution in [1.29, 1.82) is 0 Å². The molecule has 0 aliphatic carbocycles. The van der Waals surface area contributed by atoms with Crippen molar-refractivity contribution in [3.63, 3.8) is 0 Å². The van der Waals surface area contributed by atoms with E-state index in [0.717, 1.165) is 21.9 Å². The monoisotopic (exact) mass is 561 g/mol. The molecule has 0 bridgehead atoms. The number of fused-ring (bicyclic) bond motifs is 1. The molecule has 2 amide bonds. The van der Waals surface area contributed by atoms with Gasteiger partial charge in [-0.2, -0.15) is 0 Å². The van der Waals surface area contributed by atoms with Crippen LogP contribution in [0.15, 0.2) is 65.6 Å². The molecule has 0 saturated carbocycles. The molecule has 2 aliphatic heterocycles. The fourth-order valence-electron chi connectivity index (χ4n) is 5.71. The minimum absolute atomic E-state index is 0.00106. The number of anilines is 1. The summed E-state index contributed by atoms with van der Waals surface area (Å²) in [4.78, 5) is 35.1. The van der Waals surface area contributed by atoms with Gasteiger partial charge in [0.25, 0.3) is 5.91 Å². The average Bonchev–Trinajstić information content (AvgIpc) is 3.01. The molecule has 0 aromatic heterocycles. The van der Waals surface area contributed by atoms with E-state index in [4.69, 9.17) is 14.2 Å². The van der Waals surface area contributed by atoms with E-state index in [1.807, 2.05) is 59.7 Å². The summed E-state index contributed by atoms with van der Waals surface area (Å²) in [5.41, 5.74) is 3.16. The second-order valence-corrected chi connectivity index (χ2v) is 10.8. The molecule has 1 saturated heterocycles. The Morgan fingerprint density at radius 3 is 2.05 bits per heavy atom. The molecule has 9 heteroatoms. The Kier molecular flexibility index (Phi) is 8.12. The molecule has 2 atom stereocenters. The van der Waals surface area contributed by atoms with Crippen LogP contribution in [0.4, 0.5) is 5.69 Å². The number of ether oxygens (including phenoxy) is 3. The first-order chi connectivity index (χ1) is 19.4. The predicted molar refractivity (Wildman–Crippen MR) is 157 cm³/mol. The second kappa shape index (κ2) is 11.7. The van der Waals surface area contributed by atoms with Gasteiger partial charge in [0.05, 0.1) is 33.3 Å². The quantitative estimate of drug-likeness (QED) is 0.388. The lowest BCUT2D eigenvalue weighted by Crippen LogP contribution is -2.53. The number of rotatable bonds is 7. The zero-order valence-electron chi connectivity index (χ0n) is 23.5. The van der Waals surface area contributed by atoms with Gasteiger partial charge in [-0.15, -0.1) is 11.8 Å². The summed E-state index contributed by atoms with van der Waals surface area (Å²) in [7, 11) is 6.54. The Labute approximate surface area is 239 Å². The average molecular weight is 562 g/mol. The van der Waals surface area contributed by atoms with Crippen molar-refractivity contribution in [1.82, 2.24) is 9.80 Å². The topological polar surface area (TPSA) is 71.5 Å². The molecule has 0 spiro atoms. The van der Waals surface area contributed by atoms with Gasteiger partial charge in [0, 0.05) is 49.4 Å². The van der Waals surface area contributed by atoms with Crippen molar-refractivity contribution in [2.24, 2.45) is 0 Å². The third-order valence-corrected chi connectivity index (χ3v) is 8.67. The largest absolute Gasteiger partial charge is 0.497 e. The molecule has 3 aromatic rings. The molecule has 1 fully saturated rings. The molecule has 8 nitrogen and oxygen atoms in total. The van der Waals surface area contributed by atoms with Gasteiger partial charge < -0.3 is 28.9 Å². The van der Waals surface area contributed by atoms with Gasteiger partial charge in [-0.1, -0.05) is 12.1 Å². The summed E-state index contributed by atoms with van der Waals surface area (Å²) in [6, 6.07) is 19.2. The van der Waals surface area contributed by atoms with Crippen molar-refractivity contribution in [2.75, 3.05) is 65.7 Å². The number of likely N-dealkylation sites (N-methyl/N-ethyl adjacent to an activating group) is 1. The Balaban J connectivity index is 1.50. The van der Waals surface area contributed by atoms with Gasteiger partial charge in [0.2, 0.25) is 5.91 Å². The first-order valence-electron chi connectivity index (χ1n) is 13.2. The Morgan fingerprint density at radius 2 is 1.48 bits per heavy atom. The predicted octanol–water partition coefficient (Wildman–Crippen LogP) is 4.69. The number of hydrogen-bond acceptors (Lipinski definition) is 7. The van der Waals surface area contributed by atoms with Gasteiger partial charge in [0.1, 0.15) is 5.75 Å². The summed E-state index contributed by atoms with van der Waals surface area (Å²) in [5.74, 6) is 1.03. The second-order valence-electron chi connectivity index (χ2n) is 9.92. The number of piperazine rings is 1. The zero-order valence-corrected chi connectivity index (χ0v) is 24.4. The van der Waals surface area contributed by atoms with Crippen LogP contribution in [0.25, 0.3) is 0 Å². The summed E-state index contributed by atoms with van der Waals surface area (Å²) >= 11 is 1.66. The van der Waals surface area contributed by atoms with Crippen LogP contribution < -0.4 is 19.1 Å². The fourth-order valence-corrected chi connectivity index (χ4v) is 6.12. The number of benzene rings is 3. The van der Waals surface area contributed by atoms with Crippen LogP contribution in [-0.2, 0) is 4.79 Å². The molecule has 3 aromatic carbocycles. The summed E-state index contributed by atoms with van der Waals surface area (Å²) in [5, 5.41) is 0. The standard InChI is InChI=1S/C31H35N3O5S/c1-32-29(20-6-12-23(40-5)13-7-20)28(24-18-26(38-3)27(39-4)19-25(24)30(32)35)31(36)34-16-14-33(15-17-34)21-8-10-22(37-2)11-9-21/h6-13,18-19,28-29H,14-17H2,1-5H3. The van der Waals surface area contributed by atoms with Gasteiger partial charge in [-0.25, -0.2) is 0 Å².